The van der Waals surface area contributed by atoms with E-state index < -0.39 is 0 Å². The minimum Gasteiger partial charge on any atom is -0.302 e. The highest BCUT2D eigenvalue weighted by Crippen LogP contribution is 1.84. The van der Waals surface area contributed by atoms with E-state index in [-0.39, 0.29) is 0 Å². The maximum absolute atomic E-state index is 3.27. The van der Waals surface area contributed by atoms with E-state index in [4.69, 9.17) is 0 Å². The standard InChI is InChI=1S/C5H12N2/c1-5-6-3-2-4-7-5/h5-7H,2-4H2,1H3. The van der Waals surface area contributed by atoms with E-state index in [0.717, 1.165) is 0 Å². The van der Waals surface area contributed by atoms with Crippen molar-refractivity contribution in [2.45, 2.75) is 19.5 Å². The Labute approximate surface area is 44.3 Å². The number of hydrogen-bond donors (Lipinski definition) is 2. The van der Waals surface area contributed by atoms with Gasteiger partial charge in [-0.05, 0) is 26.4 Å². The van der Waals surface area contributed by atoms with Crippen LogP contribution in [-0.2, 0) is 0 Å². The first kappa shape index (κ1) is 5.06. The Morgan fingerprint density at radius 2 is 1.86 bits per heavy atom. The highest BCUT2D eigenvalue weighted by Gasteiger charge is 2.02. The Balaban J connectivity index is 2.12. The zero-order valence-corrected chi connectivity index (χ0v) is 4.70. The fourth-order valence-electron chi connectivity index (χ4n) is 0.798. The first-order valence-electron chi connectivity index (χ1n) is 2.86. The van der Waals surface area contributed by atoms with E-state index in [0.29, 0.717) is 6.17 Å². The molecule has 0 bridgehead atoms. The molecule has 42 valence electrons. The summed E-state index contributed by atoms with van der Waals surface area (Å²) in [6.07, 6.45) is 1.80. The summed E-state index contributed by atoms with van der Waals surface area (Å²) in [6.45, 7) is 4.49. The van der Waals surface area contributed by atoms with Gasteiger partial charge in [0.15, 0.2) is 0 Å². The van der Waals surface area contributed by atoms with Gasteiger partial charge in [-0.25, -0.2) is 0 Å². The number of hydrogen-bond acceptors (Lipinski definition) is 2. The lowest BCUT2D eigenvalue weighted by Crippen LogP contribution is -2.45. The smallest absolute Gasteiger partial charge is 0.0542 e. The maximum atomic E-state index is 3.27. The van der Waals surface area contributed by atoms with E-state index in [2.05, 4.69) is 17.6 Å². The molecule has 1 heterocycles. The molecule has 1 fully saturated rings. The first-order chi connectivity index (χ1) is 3.39. The Kier molecular flexibility index (Phi) is 1.65. The van der Waals surface area contributed by atoms with E-state index in [9.17, 15) is 0 Å². The average molecular weight is 100 g/mol. The molecule has 1 aliphatic rings. The zero-order chi connectivity index (χ0) is 5.11. The van der Waals surface area contributed by atoms with Gasteiger partial charge >= 0.3 is 0 Å². The molecule has 0 spiro atoms. The molecule has 1 rings (SSSR count). The van der Waals surface area contributed by atoms with Gasteiger partial charge in [0.25, 0.3) is 0 Å². The summed E-state index contributed by atoms with van der Waals surface area (Å²) in [4.78, 5) is 0. The molecule has 0 amide bonds. The lowest BCUT2D eigenvalue weighted by atomic mass is 10.3. The second kappa shape index (κ2) is 2.28. The fraction of sp³-hybridized carbons (Fsp3) is 1.00. The summed E-state index contributed by atoms with van der Waals surface area (Å²) in [5.74, 6) is 0. The monoisotopic (exact) mass is 100 g/mol. The molecule has 7 heavy (non-hydrogen) atoms. The molecule has 0 saturated carbocycles. The summed E-state index contributed by atoms with van der Waals surface area (Å²) < 4.78 is 0. The van der Waals surface area contributed by atoms with Crippen LogP contribution in [0.4, 0.5) is 0 Å². The van der Waals surface area contributed by atoms with Gasteiger partial charge in [0, 0.05) is 0 Å². The molecule has 0 atom stereocenters. The summed E-state index contributed by atoms with van der Waals surface area (Å²) in [5, 5.41) is 6.54. The van der Waals surface area contributed by atoms with E-state index in [1.807, 2.05) is 0 Å². The molecule has 1 saturated heterocycles. The van der Waals surface area contributed by atoms with Crippen LogP contribution in [0.3, 0.4) is 0 Å². The molecule has 0 aromatic heterocycles. The van der Waals surface area contributed by atoms with E-state index in [1.54, 1.807) is 0 Å². The van der Waals surface area contributed by atoms with Crippen molar-refractivity contribution in [1.82, 2.24) is 10.6 Å². The van der Waals surface area contributed by atoms with Crippen molar-refractivity contribution in [2.24, 2.45) is 0 Å². The van der Waals surface area contributed by atoms with Gasteiger partial charge in [-0.1, -0.05) is 0 Å². The minimum atomic E-state index is 0.536. The van der Waals surface area contributed by atoms with Crippen LogP contribution < -0.4 is 10.6 Å². The van der Waals surface area contributed by atoms with Gasteiger partial charge < -0.3 is 10.6 Å². The molecule has 0 aromatic rings. The maximum Gasteiger partial charge on any atom is 0.0542 e. The third kappa shape index (κ3) is 1.45. The highest BCUT2D eigenvalue weighted by atomic mass is 15.1. The van der Waals surface area contributed by atoms with Crippen molar-refractivity contribution in [3.05, 3.63) is 0 Å². The van der Waals surface area contributed by atoms with Gasteiger partial charge in [-0.3, -0.25) is 0 Å². The van der Waals surface area contributed by atoms with Crippen LogP contribution in [0, 0.1) is 0 Å². The summed E-state index contributed by atoms with van der Waals surface area (Å²) in [6, 6.07) is 0. The van der Waals surface area contributed by atoms with E-state index in [1.165, 1.54) is 19.5 Å². The molecular weight excluding hydrogens is 88.1 g/mol. The van der Waals surface area contributed by atoms with Crippen LogP contribution in [0.2, 0.25) is 0 Å². The molecule has 1 aliphatic heterocycles. The van der Waals surface area contributed by atoms with Gasteiger partial charge in [0.1, 0.15) is 0 Å². The summed E-state index contributed by atoms with van der Waals surface area (Å²) >= 11 is 0. The van der Waals surface area contributed by atoms with Crippen LogP contribution in [0.15, 0.2) is 0 Å². The van der Waals surface area contributed by atoms with Crippen LogP contribution in [-0.4, -0.2) is 19.3 Å². The van der Waals surface area contributed by atoms with Crippen LogP contribution in [0.1, 0.15) is 13.3 Å². The van der Waals surface area contributed by atoms with Crippen LogP contribution in [0.5, 0.6) is 0 Å². The van der Waals surface area contributed by atoms with Gasteiger partial charge in [-0.15, -0.1) is 0 Å². The molecule has 2 heteroatoms. The predicted octanol–water partition coefficient (Wildman–Crippen LogP) is -0.0847. The number of rotatable bonds is 0. The predicted molar refractivity (Wildman–Crippen MR) is 30.1 cm³/mol. The fourth-order valence-corrected chi connectivity index (χ4v) is 0.798. The van der Waals surface area contributed by atoms with Gasteiger partial charge in [0.2, 0.25) is 0 Å². The van der Waals surface area contributed by atoms with Crippen molar-refractivity contribution in [3.8, 4) is 0 Å². The molecule has 0 radical (unpaired) electrons. The minimum absolute atomic E-state index is 0.536. The molecule has 0 unspecified atom stereocenters. The Bertz CT molecular complexity index is 48.0. The van der Waals surface area contributed by atoms with Crippen molar-refractivity contribution >= 4 is 0 Å². The Hall–Kier alpha value is -0.0800. The average Bonchev–Trinajstić information content (AvgIpc) is 1.69. The van der Waals surface area contributed by atoms with Crippen molar-refractivity contribution in [3.63, 3.8) is 0 Å². The highest BCUT2D eigenvalue weighted by molar-refractivity contribution is 4.64. The van der Waals surface area contributed by atoms with Crippen LogP contribution >= 0.6 is 0 Å². The van der Waals surface area contributed by atoms with Crippen LogP contribution in [0.25, 0.3) is 0 Å². The lowest BCUT2D eigenvalue weighted by molar-refractivity contribution is 0.394. The molecular formula is C5H12N2. The second-order valence-electron chi connectivity index (χ2n) is 1.98. The first-order valence-corrected chi connectivity index (χ1v) is 2.86. The Morgan fingerprint density at radius 1 is 1.29 bits per heavy atom. The van der Waals surface area contributed by atoms with Crippen molar-refractivity contribution in [2.75, 3.05) is 13.1 Å². The second-order valence-corrected chi connectivity index (χ2v) is 1.98. The van der Waals surface area contributed by atoms with Crippen molar-refractivity contribution < 1.29 is 0 Å². The largest absolute Gasteiger partial charge is 0.302 e. The summed E-state index contributed by atoms with van der Waals surface area (Å²) in [7, 11) is 0. The quantitative estimate of drug-likeness (QED) is 0.445. The zero-order valence-electron chi connectivity index (χ0n) is 4.70. The number of nitrogens with one attached hydrogen (secondary N) is 2. The third-order valence-corrected chi connectivity index (χ3v) is 1.25. The molecule has 0 aromatic carbocycles. The topological polar surface area (TPSA) is 24.1 Å². The Morgan fingerprint density at radius 3 is 2.14 bits per heavy atom. The SMILES string of the molecule is CC1NCCCN1. The normalized spacial score (nSPS) is 25.3. The van der Waals surface area contributed by atoms with Gasteiger partial charge in [0.05, 0.1) is 6.17 Å². The van der Waals surface area contributed by atoms with Crippen molar-refractivity contribution in [1.29, 1.82) is 0 Å². The molecule has 0 aliphatic carbocycles. The van der Waals surface area contributed by atoms with E-state index >= 15 is 0 Å². The summed E-state index contributed by atoms with van der Waals surface area (Å²) in [5.41, 5.74) is 0. The molecule has 2 N–H and O–H groups in total. The lowest BCUT2D eigenvalue weighted by Gasteiger charge is -2.20. The molecule has 2 nitrogen and oxygen atoms in total. The van der Waals surface area contributed by atoms with Gasteiger partial charge in [-0.2, -0.15) is 0 Å². The third-order valence-electron chi connectivity index (χ3n) is 1.25.